The molecule has 66 heavy (non-hydrogen) atoms. The van der Waals surface area contributed by atoms with Gasteiger partial charge in [-0.15, -0.1) is 22.7 Å². The number of thiazole rings is 2. The van der Waals surface area contributed by atoms with E-state index in [0.717, 1.165) is 11.1 Å². The van der Waals surface area contributed by atoms with Crippen molar-refractivity contribution in [3.63, 3.8) is 0 Å². The van der Waals surface area contributed by atoms with Crippen molar-refractivity contribution < 1.29 is 75.1 Å². The molecule has 0 bridgehead atoms. The lowest BCUT2D eigenvalue weighted by molar-refractivity contribution is -0.791. The van der Waals surface area contributed by atoms with Crippen LogP contribution in [0.3, 0.4) is 0 Å². The lowest BCUT2D eigenvalue weighted by Gasteiger charge is -2.38. The van der Waals surface area contributed by atoms with E-state index in [4.69, 9.17) is 37.6 Å². The van der Waals surface area contributed by atoms with Gasteiger partial charge in [0.1, 0.15) is 48.9 Å². The molecule has 0 N–H and O–H groups in total. The number of nitrogens with zero attached hydrogens (tertiary/aromatic N) is 6. The number of ether oxygens (including phenoxy) is 4. The van der Waals surface area contributed by atoms with Gasteiger partial charge in [0, 0.05) is 14.1 Å². The Morgan fingerprint density at radius 2 is 0.894 bits per heavy atom. The zero-order valence-electron chi connectivity index (χ0n) is 38.4. The number of carbonyl (C=O) groups excluding carboxylic acids is 6. The number of carbonyl (C=O) groups is 6. The van der Waals surface area contributed by atoms with Crippen LogP contribution in [0.4, 0.5) is 19.9 Å². The summed E-state index contributed by atoms with van der Waals surface area (Å²) in [5, 5.41) is 4.00. The Kier molecular flexibility index (Phi) is 12.7. The third-order valence-electron chi connectivity index (χ3n) is 11.2. The Bertz CT molecular complexity index is 2330. The van der Waals surface area contributed by atoms with E-state index in [1.165, 1.54) is 32.5 Å². The maximum atomic E-state index is 13.1. The fraction of sp³-hybridized carbons (Fsp3) is 0.429. The Hall–Kier alpha value is -6.23. The summed E-state index contributed by atoms with van der Waals surface area (Å²) in [7, 11) is 6.63. The molecule has 24 heteroatoms. The van der Waals surface area contributed by atoms with Gasteiger partial charge in [0.2, 0.25) is 0 Å². The van der Waals surface area contributed by atoms with Crippen LogP contribution in [0.15, 0.2) is 59.3 Å². The molecule has 0 saturated carbocycles. The number of quaternary nitrogens is 2. The highest BCUT2D eigenvalue weighted by molar-refractivity contribution is 7.15. The molecule has 0 aliphatic carbocycles. The average molecular weight is 951 g/mol. The normalized spacial score (nSPS) is 24.2. The van der Waals surface area contributed by atoms with Gasteiger partial charge in [0.15, 0.2) is 10.3 Å². The first-order valence-corrected chi connectivity index (χ1v) is 22.7. The fourth-order valence-corrected chi connectivity index (χ4v) is 9.84. The maximum absolute atomic E-state index is 13.1. The van der Waals surface area contributed by atoms with Crippen LogP contribution in [0.1, 0.15) is 52.7 Å². The van der Waals surface area contributed by atoms with Crippen LogP contribution < -0.4 is 30.5 Å². The van der Waals surface area contributed by atoms with E-state index in [1.54, 1.807) is 105 Å². The van der Waals surface area contributed by atoms with E-state index < -0.39 is 60.6 Å². The SMILES string of the molecule is COc1ccc(CN(C(=O)OC(C)(C)C)c2nc([B-]34OC(=O)C[N+]3(C)CC(=O)O4)cs2)cc1.COc1ccc(CN(C(=O)OC(C)(C)C)c2nc([B-]34OC(=O)C[N+]3(C)CC(=O)O4)cs2)cc1. The van der Waals surface area contributed by atoms with E-state index >= 15 is 0 Å². The fourth-order valence-electron chi connectivity index (χ4n) is 8.09. The molecule has 0 unspecified atom stereocenters. The third-order valence-corrected chi connectivity index (χ3v) is 13.0. The molecule has 2 aromatic carbocycles. The first-order valence-electron chi connectivity index (χ1n) is 20.9. The first kappa shape index (κ1) is 47.7. The summed E-state index contributed by atoms with van der Waals surface area (Å²) < 4.78 is 43.8. The van der Waals surface area contributed by atoms with Crippen molar-refractivity contribution in [3.8, 4) is 11.5 Å². The van der Waals surface area contributed by atoms with Crippen molar-refractivity contribution in [1.29, 1.82) is 0 Å². The standard InChI is InChI=1S/2C21H26BN3O7S/c2*1-21(2,3)30-20(28)24(10-14-6-8-15(29-5)9-7-14)19-23-16(13-33-19)22-25(4,11-17(26)31-22)12-18(27)32-22/h2*6-9,13H,10-12H2,1-5H3. The van der Waals surface area contributed by atoms with E-state index in [2.05, 4.69) is 9.97 Å². The highest BCUT2D eigenvalue weighted by Crippen LogP contribution is 2.37. The second kappa shape index (κ2) is 17.5. The number of benzene rings is 2. The highest BCUT2D eigenvalue weighted by Gasteiger charge is 2.69. The van der Waals surface area contributed by atoms with Crippen molar-refractivity contribution in [2.45, 2.75) is 65.8 Å². The molecule has 352 valence electrons. The van der Waals surface area contributed by atoms with Crippen molar-refractivity contribution in [2.75, 3.05) is 64.3 Å². The van der Waals surface area contributed by atoms with Gasteiger partial charge in [-0.3, -0.25) is 29.1 Å². The average Bonchev–Trinajstić information content (AvgIpc) is 4.05. The Morgan fingerprint density at radius 3 is 1.17 bits per heavy atom. The Morgan fingerprint density at radius 1 is 0.591 bits per heavy atom. The second-order valence-electron chi connectivity index (χ2n) is 18.8. The molecule has 2 amide bonds. The molecule has 4 aliphatic rings. The number of anilines is 2. The van der Waals surface area contributed by atoms with Crippen LogP contribution in [0.2, 0.25) is 0 Å². The summed E-state index contributed by atoms with van der Waals surface area (Å²) in [6.07, 6.45) is -1.15. The Labute approximate surface area is 389 Å². The molecule has 4 saturated heterocycles. The van der Waals surface area contributed by atoms with E-state index in [-0.39, 0.29) is 48.1 Å². The predicted molar refractivity (Wildman–Crippen MR) is 242 cm³/mol. The smallest absolute Gasteiger partial charge is 0.595 e. The van der Waals surface area contributed by atoms with E-state index in [9.17, 15) is 28.8 Å². The van der Waals surface area contributed by atoms with Gasteiger partial charge in [-0.1, -0.05) is 24.3 Å². The topological polar surface area (TPSA) is 209 Å². The van der Waals surface area contributed by atoms with Crippen LogP contribution in [0, 0.1) is 0 Å². The Balaban J connectivity index is 0.000000196. The number of fused-ring (bicyclic) bond motifs is 2. The maximum Gasteiger partial charge on any atom is 0.633 e. The first-order chi connectivity index (χ1) is 30.9. The number of likely N-dealkylation sites (N-methyl/N-ethyl adjacent to an activating group) is 2. The molecule has 4 aromatic rings. The van der Waals surface area contributed by atoms with Gasteiger partial charge in [-0.25, -0.2) is 19.4 Å². The largest absolute Gasteiger partial charge is 0.633 e. The second-order valence-corrected chi connectivity index (χ2v) is 20.5. The molecule has 4 fully saturated rings. The van der Waals surface area contributed by atoms with Gasteiger partial charge < -0.3 is 46.4 Å². The molecule has 4 aliphatic heterocycles. The zero-order valence-corrected chi connectivity index (χ0v) is 40.0. The molecular weight excluding hydrogens is 898 g/mol. The van der Waals surface area contributed by atoms with Crippen LogP contribution in [0.5, 0.6) is 11.5 Å². The minimum atomic E-state index is -2.48. The van der Waals surface area contributed by atoms with E-state index in [0.29, 0.717) is 32.9 Å². The quantitative estimate of drug-likeness (QED) is 0.208. The minimum absolute atomic E-state index is 0.0141. The molecule has 20 nitrogen and oxygen atoms in total. The van der Waals surface area contributed by atoms with Gasteiger partial charge >= 0.3 is 49.4 Å². The van der Waals surface area contributed by atoms with Gasteiger partial charge in [-0.05, 0) is 87.7 Å². The van der Waals surface area contributed by atoms with Crippen molar-refractivity contribution in [2.24, 2.45) is 0 Å². The molecule has 2 aromatic heterocycles. The van der Waals surface area contributed by atoms with Gasteiger partial charge in [-0.2, -0.15) is 0 Å². The summed E-state index contributed by atoms with van der Waals surface area (Å²) in [4.78, 5) is 86.6. The van der Waals surface area contributed by atoms with Crippen LogP contribution in [0.25, 0.3) is 0 Å². The van der Waals surface area contributed by atoms with Gasteiger partial charge in [0.05, 0.1) is 38.5 Å². The lowest BCUT2D eigenvalue weighted by Crippen LogP contribution is -2.67. The molecular formula is C42H52B2N6O14S2. The minimum Gasteiger partial charge on any atom is -0.595 e. The zero-order chi connectivity index (χ0) is 48.0. The molecule has 8 rings (SSSR count). The van der Waals surface area contributed by atoms with Crippen LogP contribution in [-0.2, 0) is 60.4 Å². The summed E-state index contributed by atoms with van der Waals surface area (Å²) in [6.45, 7) is 6.18. The number of hydrogen-bond acceptors (Lipinski definition) is 18. The summed E-state index contributed by atoms with van der Waals surface area (Å²) in [5.74, 6) is -0.430. The summed E-state index contributed by atoms with van der Waals surface area (Å²) in [6, 6.07) is 14.6. The number of amides is 2. The number of rotatable bonds is 10. The summed E-state index contributed by atoms with van der Waals surface area (Å²) >= 11 is 2.37. The van der Waals surface area contributed by atoms with Crippen LogP contribution >= 0.6 is 22.7 Å². The van der Waals surface area contributed by atoms with Crippen molar-refractivity contribution >= 4 is 93.6 Å². The van der Waals surface area contributed by atoms with Crippen molar-refractivity contribution in [1.82, 2.24) is 9.97 Å². The highest BCUT2D eigenvalue weighted by atomic mass is 32.1. The number of hydrogen-bond donors (Lipinski definition) is 0. The third kappa shape index (κ3) is 9.53. The number of methoxy groups -OCH3 is 2. The molecule has 6 heterocycles. The lowest BCUT2D eigenvalue weighted by atomic mass is 9.65. The molecule has 0 radical (unpaired) electrons. The predicted octanol–water partition coefficient (Wildman–Crippen LogP) is 3.60. The van der Waals surface area contributed by atoms with Crippen LogP contribution in [-0.4, -0.2) is 134 Å². The summed E-state index contributed by atoms with van der Waals surface area (Å²) in [5.41, 5.74) is 0.879. The number of aromatic nitrogens is 2. The van der Waals surface area contributed by atoms with Crippen molar-refractivity contribution in [3.05, 3.63) is 70.4 Å². The molecule has 0 spiro atoms. The monoisotopic (exact) mass is 950 g/mol. The van der Waals surface area contributed by atoms with Gasteiger partial charge in [0.25, 0.3) is 0 Å². The molecule has 0 atom stereocenters. The van der Waals surface area contributed by atoms with E-state index in [1.807, 2.05) is 24.3 Å².